The Hall–Kier alpha value is -2.35. The van der Waals surface area contributed by atoms with Gasteiger partial charge in [0.25, 0.3) is 5.91 Å². The predicted molar refractivity (Wildman–Crippen MR) is 86.0 cm³/mol. The second-order valence-electron chi connectivity index (χ2n) is 4.41. The maximum absolute atomic E-state index is 12.1. The molecule has 0 fully saturated rings. The maximum atomic E-state index is 12.1. The van der Waals surface area contributed by atoms with E-state index in [1.807, 2.05) is 20.2 Å². The molecule has 1 amide bonds. The third-order valence-corrected chi connectivity index (χ3v) is 3.39. The molecule has 1 heterocycles. The summed E-state index contributed by atoms with van der Waals surface area (Å²) in [6.07, 6.45) is 1.37. The monoisotopic (exact) mass is 350 g/mol. The predicted octanol–water partition coefficient (Wildman–Crippen LogP) is 1.64. The van der Waals surface area contributed by atoms with Crippen molar-refractivity contribution in [2.75, 3.05) is 30.2 Å². The molecule has 1 aromatic carbocycles. The van der Waals surface area contributed by atoms with Gasteiger partial charge >= 0.3 is 0 Å². The van der Waals surface area contributed by atoms with Gasteiger partial charge in [0.05, 0.1) is 5.56 Å². The summed E-state index contributed by atoms with van der Waals surface area (Å²) in [6.45, 7) is 0. The highest BCUT2D eigenvalue weighted by Crippen LogP contribution is 2.23. The Morgan fingerprint density at radius 3 is 2.67 bits per heavy atom. The highest BCUT2D eigenvalue weighted by atomic mass is 79.9. The molecule has 0 atom stereocenters. The molecule has 0 saturated heterocycles. The Balaban J connectivity index is 2.12. The number of hydrogen-bond acceptors (Lipinski definition) is 6. The van der Waals surface area contributed by atoms with Crippen molar-refractivity contribution in [3.63, 3.8) is 0 Å². The van der Waals surface area contributed by atoms with Crippen LogP contribution in [0.15, 0.2) is 35.1 Å². The molecule has 0 spiro atoms. The summed E-state index contributed by atoms with van der Waals surface area (Å²) in [5.41, 5.74) is 12.1. The normalized spacial score (nSPS) is 10.0. The van der Waals surface area contributed by atoms with Crippen LogP contribution in [0.4, 0.5) is 17.3 Å². The standard InChI is InChI=1S/C13H15BrN6O/c1-20(2)12-10(15)11(16-7-17-12)18-19-13(21)8-5-3-4-6-9(8)14/h3-7H,15H2,1-2H3,(H,19,21)(H,16,17,18). The molecule has 110 valence electrons. The number of rotatable bonds is 4. The number of nitrogens with zero attached hydrogens (tertiary/aromatic N) is 3. The van der Waals surface area contributed by atoms with Crippen LogP contribution in [0.5, 0.6) is 0 Å². The third kappa shape index (κ3) is 3.40. The third-order valence-electron chi connectivity index (χ3n) is 2.70. The zero-order chi connectivity index (χ0) is 15.4. The van der Waals surface area contributed by atoms with Gasteiger partial charge in [-0.15, -0.1) is 0 Å². The van der Waals surface area contributed by atoms with Crippen molar-refractivity contribution in [3.05, 3.63) is 40.6 Å². The van der Waals surface area contributed by atoms with Crippen molar-refractivity contribution < 1.29 is 4.79 Å². The average molecular weight is 351 g/mol. The summed E-state index contributed by atoms with van der Waals surface area (Å²) < 4.78 is 0.703. The fourth-order valence-electron chi connectivity index (χ4n) is 1.67. The van der Waals surface area contributed by atoms with E-state index in [1.54, 1.807) is 23.1 Å². The average Bonchev–Trinajstić information content (AvgIpc) is 2.46. The molecule has 21 heavy (non-hydrogen) atoms. The number of hydrazine groups is 1. The lowest BCUT2D eigenvalue weighted by molar-refractivity contribution is 0.0962. The van der Waals surface area contributed by atoms with Crippen LogP contribution in [0, 0.1) is 0 Å². The lowest BCUT2D eigenvalue weighted by Crippen LogP contribution is -2.31. The van der Waals surface area contributed by atoms with Crippen molar-refractivity contribution in [3.8, 4) is 0 Å². The van der Waals surface area contributed by atoms with Crippen LogP contribution in [0.1, 0.15) is 10.4 Å². The molecule has 0 radical (unpaired) electrons. The van der Waals surface area contributed by atoms with Gasteiger partial charge < -0.3 is 10.6 Å². The van der Waals surface area contributed by atoms with Crippen LogP contribution in [0.3, 0.4) is 0 Å². The minimum absolute atomic E-state index is 0.299. The minimum atomic E-state index is -0.299. The molecule has 2 aromatic rings. The number of nitrogens with two attached hydrogens (primary N) is 1. The van der Waals surface area contributed by atoms with Gasteiger partial charge in [0.1, 0.15) is 12.0 Å². The molecule has 0 aliphatic carbocycles. The van der Waals surface area contributed by atoms with E-state index >= 15 is 0 Å². The lowest BCUT2D eigenvalue weighted by Gasteiger charge is -2.16. The summed E-state index contributed by atoms with van der Waals surface area (Å²) in [6, 6.07) is 7.11. The number of nitrogens with one attached hydrogen (secondary N) is 2. The number of carbonyl (C=O) groups excluding carboxylic acids is 1. The summed E-state index contributed by atoms with van der Waals surface area (Å²) in [5, 5.41) is 0. The van der Waals surface area contributed by atoms with Crippen LogP contribution in [0.2, 0.25) is 0 Å². The molecule has 2 rings (SSSR count). The molecule has 7 nitrogen and oxygen atoms in total. The second kappa shape index (κ2) is 6.40. The molecule has 1 aromatic heterocycles. The largest absolute Gasteiger partial charge is 0.393 e. The topological polar surface area (TPSA) is 96.2 Å². The van der Waals surface area contributed by atoms with Gasteiger partial charge in [-0.05, 0) is 28.1 Å². The summed E-state index contributed by atoms with van der Waals surface area (Å²) in [5.74, 6) is 0.614. The number of carbonyl (C=O) groups is 1. The van der Waals surface area contributed by atoms with Crippen LogP contribution >= 0.6 is 15.9 Å². The van der Waals surface area contributed by atoms with E-state index in [2.05, 4.69) is 36.7 Å². The number of benzene rings is 1. The molecule has 0 aliphatic rings. The van der Waals surface area contributed by atoms with Crippen molar-refractivity contribution in [2.45, 2.75) is 0 Å². The SMILES string of the molecule is CN(C)c1ncnc(NNC(=O)c2ccccc2Br)c1N. The molecular formula is C13H15BrN6O. The fourth-order valence-corrected chi connectivity index (χ4v) is 2.14. The fraction of sp³-hybridized carbons (Fsp3) is 0.154. The highest BCUT2D eigenvalue weighted by molar-refractivity contribution is 9.10. The lowest BCUT2D eigenvalue weighted by atomic mass is 10.2. The first kappa shape index (κ1) is 15.0. The smallest absolute Gasteiger partial charge is 0.270 e. The zero-order valence-corrected chi connectivity index (χ0v) is 13.2. The second-order valence-corrected chi connectivity index (χ2v) is 5.27. The maximum Gasteiger partial charge on any atom is 0.270 e. The number of anilines is 3. The summed E-state index contributed by atoms with van der Waals surface area (Å²) in [4.78, 5) is 21.9. The molecular weight excluding hydrogens is 336 g/mol. The van der Waals surface area contributed by atoms with Gasteiger partial charge in [-0.1, -0.05) is 12.1 Å². The van der Waals surface area contributed by atoms with E-state index in [0.29, 0.717) is 27.4 Å². The van der Waals surface area contributed by atoms with Crippen LogP contribution in [-0.2, 0) is 0 Å². The highest BCUT2D eigenvalue weighted by Gasteiger charge is 2.12. The van der Waals surface area contributed by atoms with Crippen molar-refractivity contribution in [1.29, 1.82) is 0 Å². The molecule has 4 N–H and O–H groups in total. The van der Waals surface area contributed by atoms with Crippen LogP contribution < -0.4 is 21.5 Å². The molecule has 0 bridgehead atoms. The number of amides is 1. The zero-order valence-electron chi connectivity index (χ0n) is 11.6. The van der Waals surface area contributed by atoms with E-state index in [9.17, 15) is 4.79 Å². The van der Waals surface area contributed by atoms with E-state index in [-0.39, 0.29) is 5.91 Å². The van der Waals surface area contributed by atoms with Gasteiger partial charge in [-0.3, -0.25) is 15.6 Å². The Morgan fingerprint density at radius 2 is 2.00 bits per heavy atom. The Bertz CT molecular complexity index is 661. The van der Waals surface area contributed by atoms with Crippen molar-refractivity contribution >= 4 is 39.2 Å². The van der Waals surface area contributed by atoms with E-state index in [1.165, 1.54) is 6.33 Å². The molecule has 0 aliphatic heterocycles. The Labute approximate surface area is 130 Å². The molecule has 8 heteroatoms. The van der Waals surface area contributed by atoms with E-state index in [0.717, 1.165) is 0 Å². The minimum Gasteiger partial charge on any atom is -0.393 e. The summed E-state index contributed by atoms with van der Waals surface area (Å²) >= 11 is 3.32. The number of nitrogen functional groups attached to an aromatic ring is 1. The molecule has 0 saturated carbocycles. The molecule has 0 unspecified atom stereocenters. The number of aromatic nitrogens is 2. The summed E-state index contributed by atoms with van der Waals surface area (Å²) in [7, 11) is 3.64. The number of hydrogen-bond donors (Lipinski definition) is 3. The van der Waals surface area contributed by atoms with Crippen LogP contribution in [-0.4, -0.2) is 30.0 Å². The van der Waals surface area contributed by atoms with Gasteiger partial charge in [0.15, 0.2) is 11.6 Å². The van der Waals surface area contributed by atoms with Gasteiger partial charge in [0.2, 0.25) is 0 Å². The first-order chi connectivity index (χ1) is 10.0. The van der Waals surface area contributed by atoms with E-state index < -0.39 is 0 Å². The first-order valence-corrected chi connectivity index (χ1v) is 6.88. The van der Waals surface area contributed by atoms with Crippen molar-refractivity contribution in [2.24, 2.45) is 0 Å². The van der Waals surface area contributed by atoms with Gasteiger partial charge in [-0.25, -0.2) is 9.97 Å². The quantitative estimate of drug-likeness (QED) is 0.725. The number of halogens is 1. The Morgan fingerprint density at radius 1 is 1.29 bits per heavy atom. The van der Waals surface area contributed by atoms with Crippen molar-refractivity contribution in [1.82, 2.24) is 15.4 Å². The van der Waals surface area contributed by atoms with Gasteiger partial charge in [-0.2, -0.15) is 0 Å². The van der Waals surface area contributed by atoms with Gasteiger partial charge in [0, 0.05) is 18.6 Å². The first-order valence-electron chi connectivity index (χ1n) is 6.09. The van der Waals surface area contributed by atoms with E-state index in [4.69, 9.17) is 5.73 Å². The van der Waals surface area contributed by atoms with Crippen LogP contribution in [0.25, 0.3) is 0 Å². The Kier molecular flexibility index (Phi) is 4.59.